The van der Waals surface area contributed by atoms with Gasteiger partial charge in [-0.2, -0.15) is 0 Å². The average Bonchev–Trinajstić information content (AvgIpc) is 3.09. The van der Waals surface area contributed by atoms with Crippen LogP contribution in [0.15, 0.2) is 54.9 Å². The van der Waals surface area contributed by atoms with Crippen molar-refractivity contribution in [3.05, 3.63) is 71.9 Å². The fourth-order valence-corrected chi connectivity index (χ4v) is 3.28. The standard InChI is InChI=1S/C20H17FN4O3/c21-13-4-2-5-14(8-13)25-11-23-19-16(9-18(27)24-20(19)25)12-3-1-6-15(7-12)28-10-17(22)26/h1-8,11,16H,9-10H2,(H2,22,26)(H,24,27)/t16-/m1/s1. The van der Waals surface area contributed by atoms with Gasteiger partial charge in [-0.25, -0.2) is 9.37 Å². The van der Waals surface area contributed by atoms with E-state index in [0.717, 1.165) is 5.56 Å². The molecule has 7 nitrogen and oxygen atoms in total. The number of rotatable bonds is 5. The Balaban J connectivity index is 1.71. The van der Waals surface area contributed by atoms with Crippen LogP contribution < -0.4 is 15.8 Å². The Kier molecular flexibility index (Phi) is 4.52. The summed E-state index contributed by atoms with van der Waals surface area (Å²) in [7, 11) is 0. The summed E-state index contributed by atoms with van der Waals surface area (Å²) in [5, 5.41) is 2.83. The average molecular weight is 380 g/mol. The molecule has 2 aromatic carbocycles. The number of aromatic nitrogens is 2. The lowest BCUT2D eigenvalue weighted by Gasteiger charge is -2.23. The molecule has 8 heteroatoms. The number of amides is 2. The molecule has 28 heavy (non-hydrogen) atoms. The summed E-state index contributed by atoms with van der Waals surface area (Å²) in [5.74, 6) is -0.421. The van der Waals surface area contributed by atoms with Gasteiger partial charge in [-0.3, -0.25) is 14.2 Å². The van der Waals surface area contributed by atoms with Crippen molar-refractivity contribution >= 4 is 17.6 Å². The first-order chi connectivity index (χ1) is 13.5. The maximum atomic E-state index is 13.6. The second-order valence-corrected chi connectivity index (χ2v) is 6.46. The number of anilines is 1. The van der Waals surface area contributed by atoms with Crippen LogP contribution >= 0.6 is 0 Å². The lowest BCUT2D eigenvalue weighted by molar-refractivity contribution is -0.120. The monoisotopic (exact) mass is 380 g/mol. The molecule has 0 unspecified atom stereocenters. The van der Waals surface area contributed by atoms with E-state index in [1.54, 1.807) is 41.2 Å². The summed E-state index contributed by atoms with van der Waals surface area (Å²) in [4.78, 5) is 27.7. The minimum Gasteiger partial charge on any atom is -0.484 e. The third-order valence-electron chi connectivity index (χ3n) is 4.50. The van der Waals surface area contributed by atoms with Crippen LogP contribution in [0.2, 0.25) is 0 Å². The number of primary amides is 1. The van der Waals surface area contributed by atoms with Crippen molar-refractivity contribution in [3.63, 3.8) is 0 Å². The van der Waals surface area contributed by atoms with E-state index in [1.807, 2.05) is 6.07 Å². The predicted octanol–water partition coefficient (Wildman–Crippen LogP) is 2.35. The maximum absolute atomic E-state index is 13.6. The van der Waals surface area contributed by atoms with Gasteiger partial charge in [0, 0.05) is 12.3 Å². The molecule has 4 rings (SSSR count). The van der Waals surface area contributed by atoms with Crippen molar-refractivity contribution in [3.8, 4) is 11.4 Å². The van der Waals surface area contributed by atoms with Crippen LogP contribution in [0.3, 0.4) is 0 Å². The molecule has 1 aromatic heterocycles. The Morgan fingerprint density at radius 3 is 2.89 bits per heavy atom. The Labute approximate surface area is 159 Å². The zero-order valence-corrected chi connectivity index (χ0v) is 14.8. The highest BCUT2D eigenvalue weighted by molar-refractivity contribution is 5.94. The minimum atomic E-state index is -0.571. The quantitative estimate of drug-likeness (QED) is 0.710. The molecule has 1 aliphatic rings. The lowest BCUT2D eigenvalue weighted by atomic mass is 9.89. The van der Waals surface area contributed by atoms with Crippen LogP contribution in [0, 0.1) is 5.82 Å². The van der Waals surface area contributed by atoms with Crippen molar-refractivity contribution < 1.29 is 18.7 Å². The smallest absolute Gasteiger partial charge is 0.255 e. The predicted molar refractivity (Wildman–Crippen MR) is 99.7 cm³/mol. The molecule has 0 radical (unpaired) electrons. The summed E-state index contributed by atoms with van der Waals surface area (Å²) in [5.41, 5.74) is 7.18. The number of nitrogens with zero attached hydrogens (tertiary/aromatic N) is 2. The van der Waals surface area contributed by atoms with Crippen molar-refractivity contribution in [2.75, 3.05) is 11.9 Å². The van der Waals surface area contributed by atoms with Gasteiger partial charge in [-0.1, -0.05) is 18.2 Å². The molecule has 3 N–H and O–H groups in total. The van der Waals surface area contributed by atoms with Gasteiger partial charge >= 0.3 is 0 Å². The Bertz CT molecular complexity index is 1060. The zero-order valence-electron chi connectivity index (χ0n) is 14.8. The molecule has 1 aliphatic heterocycles. The van der Waals surface area contributed by atoms with Gasteiger partial charge in [-0.05, 0) is 35.9 Å². The highest BCUT2D eigenvalue weighted by Crippen LogP contribution is 2.38. The van der Waals surface area contributed by atoms with Crippen LogP contribution in [-0.4, -0.2) is 28.0 Å². The maximum Gasteiger partial charge on any atom is 0.255 e. The first-order valence-electron chi connectivity index (χ1n) is 8.65. The summed E-state index contributed by atoms with van der Waals surface area (Å²) in [6.45, 7) is -0.228. The Morgan fingerprint density at radius 2 is 2.11 bits per heavy atom. The number of nitrogens with one attached hydrogen (secondary N) is 1. The summed E-state index contributed by atoms with van der Waals surface area (Å²) in [6.07, 6.45) is 1.78. The number of halogens is 1. The van der Waals surface area contributed by atoms with Crippen molar-refractivity contribution in [2.45, 2.75) is 12.3 Å². The number of ether oxygens (including phenoxy) is 1. The number of fused-ring (bicyclic) bond motifs is 1. The van der Waals surface area contributed by atoms with Gasteiger partial charge in [0.2, 0.25) is 5.91 Å². The molecule has 0 bridgehead atoms. The number of benzene rings is 2. The number of imidazole rings is 1. The topological polar surface area (TPSA) is 99.2 Å². The van der Waals surface area contributed by atoms with Crippen LogP contribution in [0.5, 0.6) is 5.75 Å². The number of carbonyl (C=O) groups is 2. The molecule has 0 aliphatic carbocycles. The molecular weight excluding hydrogens is 363 g/mol. The van der Waals surface area contributed by atoms with Gasteiger partial charge in [0.25, 0.3) is 5.91 Å². The van der Waals surface area contributed by atoms with Gasteiger partial charge < -0.3 is 15.8 Å². The summed E-state index contributed by atoms with van der Waals surface area (Å²) in [6, 6.07) is 13.2. The molecule has 0 saturated carbocycles. The van der Waals surface area contributed by atoms with Crippen LogP contribution in [-0.2, 0) is 9.59 Å². The first kappa shape index (κ1) is 17.7. The Hall–Kier alpha value is -3.68. The number of nitrogens with two attached hydrogens (primary N) is 1. The van der Waals surface area contributed by atoms with Gasteiger partial charge in [0.15, 0.2) is 6.61 Å². The van der Waals surface area contributed by atoms with E-state index < -0.39 is 5.91 Å². The third kappa shape index (κ3) is 3.44. The Morgan fingerprint density at radius 1 is 1.29 bits per heavy atom. The van der Waals surface area contributed by atoms with Gasteiger partial charge in [-0.15, -0.1) is 0 Å². The lowest BCUT2D eigenvalue weighted by Crippen LogP contribution is -2.25. The largest absolute Gasteiger partial charge is 0.484 e. The molecule has 2 heterocycles. The molecule has 0 fully saturated rings. The van der Waals surface area contributed by atoms with E-state index in [0.29, 0.717) is 22.9 Å². The van der Waals surface area contributed by atoms with E-state index in [9.17, 15) is 14.0 Å². The number of hydrogen-bond acceptors (Lipinski definition) is 4. The molecule has 0 spiro atoms. The number of carbonyl (C=O) groups excluding carboxylic acids is 2. The van der Waals surface area contributed by atoms with E-state index in [1.165, 1.54) is 12.1 Å². The summed E-state index contributed by atoms with van der Waals surface area (Å²) < 4.78 is 20.6. The fourth-order valence-electron chi connectivity index (χ4n) is 3.28. The first-order valence-corrected chi connectivity index (χ1v) is 8.65. The van der Waals surface area contributed by atoms with Crippen molar-refractivity contribution in [1.82, 2.24) is 9.55 Å². The van der Waals surface area contributed by atoms with Crippen molar-refractivity contribution in [1.29, 1.82) is 0 Å². The molecule has 1 atom stereocenters. The highest BCUT2D eigenvalue weighted by atomic mass is 19.1. The SMILES string of the molecule is NC(=O)COc1cccc([C@H]2CC(=O)Nc3c2ncn3-c2cccc(F)c2)c1. The van der Waals surface area contributed by atoms with E-state index in [4.69, 9.17) is 10.5 Å². The van der Waals surface area contributed by atoms with Crippen LogP contribution in [0.25, 0.3) is 5.69 Å². The van der Waals surface area contributed by atoms with Crippen LogP contribution in [0.4, 0.5) is 10.2 Å². The molecule has 2 amide bonds. The normalized spacial score (nSPS) is 15.6. The number of hydrogen-bond donors (Lipinski definition) is 2. The second-order valence-electron chi connectivity index (χ2n) is 6.46. The zero-order chi connectivity index (χ0) is 19.7. The van der Waals surface area contributed by atoms with Gasteiger partial charge in [0.05, 0.1) is 11.4 Å². The van der Waals surface area contributed by atoms with E-state index in [-0.39, 0.29) is 30.7 Å². The van der Waals surface area contributed by atoms with Gasteiger partial charge in [0.1, 0.15) is 23.7 Å². The minimum absolute atomic E-state index is 0.167. The molecule has 0 saturated heterocycles. The van der Waals surface area contributed by atoms with E-state index in [2.05, 4.69) is 10.3 Å². The van der Waals surface area contributed by atoms with Crippen molar-refractivity contribution in [2.24, 2.45) is 5.73 Å². The molecular formula is C20H17FN4O3. The molecule has 3 aromatic rings. The molecule has 142 valence electrons. The highest BCUT2D eigenvalue weighted by Gasteiger charge is 2.31. The van der Waals surface area contributed by atoms with E-state index >= 15 is 0 Å². The van der Waals surface area contributed by atoms with Crippen LogP contribution in [0.1, 0.15) is 23.6 Å². The fraction of sp³-hybridized carbons (Fsp3) is 0.150. The summed E-state index contributed by atoms with van der Waals surface area (Å²) >= 11 is 0. The second kappa shape index (κ2) is 7.15. The third-order valence-corrected chi connectivity index (χ3v) is 4.50.